The molecular weight excluding hydrogens is 296 g/mol. The summed E-state index contributed by atoms with van der Waals surface area (Å²) in [6, 6.07) is 18.6. The van der Waals surface area contributed by atoms with Gasteiger partial charge in [0.1, 0.15) is 0 Å². The van der Waals surface area contributed by atoms with Gasteiger partial charge in [0.15, 0.2) is 5.78 Å². The maximum absolute atomic E-state index is 12.7. The van der Waals surface area contributed by atoms with E-state index in [1.807, 2.05) is 35.9 Å². The fourth-order valence-corrected chi connectivity index (χ4v) is 3.69. The van der Waals surface area contributed by atoms with Crippen LogP contribution in [0.15, 0.2) is 54.6 Å². The third-order valence-electron chi connectivity index (χ3n) is 4.82. The summed E-state index contributed by atoms with van der Waals surface area (Å²) in [5.74, 6) is 0.437. The van der Waals surface area contributed by atoms with Gasteiger partial charge < -0.3 is 0 Å². The molecular formula is C21H20N2O. The van der Waals surface area contributed by atoms with Gasteiger partial charge in [-0.1, -0.05) is 42.5 Å². The molecule has 0 spiro atoms. The molecule has 3 aromatic rings. The number of ketones is 1. The second kappa shape index (κ2) is 5.75. The normalized spacial score (nSPS) is 16.9. The first-order valence-electron chi connectivity index (χ1n) is 8.37. The van der Waals surface area contributed by atoms with Crippen LogP contribution >= 0.6 is 0 Å². The molecule has 1 aliphatic carbocycles. The average molecular weight is 316 g/mol. The summed E-state index contributed by atoms with van der Waals surface area (Å²) in [7, 11) is 0. The zero-order valence-electron chi connectivity index (χ0n) is 14.0. The summed E-state index contributed by atoms with van der Waals surface area (Å²) in [5, 5.41) is 4.68. The number of aryl methyl sites for hydroxylation is 2. The maximum Gasteiger partial charge on any atom is 0.167 e. The zero-order chi connectivity index (χ0) is 16.7. The van der Waals surface area contributed by atoms with Gasteiger partial charge in [-0.2, -0.15) is 5.10 Å². The fraction of sp³-hybridized carbons (Fsp3) is 0.238. The summed E-state index contributed by atoms with van der Waals surface area (Å²) < 4.78 is 1.96. The number of carbonyl (C=O) groups excluding carboxylic acids is 1. The van der Waals surface area contributed by atoms with Crippen molar-refractivity contribution >= 4 is 5.78 Å². The van der Waals surface area contributed by atoms with Crippen LogP contribution in [0.25, 0.3) is 5.69 Å². The lowest BCUT2D eigenvalue weighted by atomic mass is 9.81. The highest BCUT2D eigenvalue weighted by atomic mass is 16.1. The minimum absolute atomic E-state index is 0.210. The number of nitrogens with zero attached hydrogens (tertiary/aromatic N) is 2. The van der Waals surface area contributed by atoms with E-state index in [1.165, 1.54) is 11.1 Å². The standard InChI is InChI=1S/C21H20N2O/c1-14-7-6-10-18(11-14)23-19-12-17(16-8-4-3-5-9-16)13-20(24)21(19)15(2)22-23/h3-11,17H,12-13H2,1-2H3/t17-/m0/s1. The van der Waals surface area contributed by atoms with Gasteiger partial charge in [-0.3, -0.25) is 4.79 Å². The van der Waals surface area contributed by atoms with E-state index >= 15 is 0 Å². The number of benzene rings is 2. The lowest BCUT2D eigenvalue weighted by Crippen LogP contribution is -2.20. The van der Waals surface area contributed by atoms with Gasteiger partial charge in [-0.25, -0.2) is 4.68 Å². The van der Waals surface area contributed by atoms with Gasteiger partial charge in [0.2, 0.25) is 0 Å². The third-order valence-corrected chi connectivity index (χ3v) is 4.82. The minimum Gasteiger partial charge on any atom is -0.294 e. The quantitative estimate of drug-likeness (QED) is 0.702. The summed E-state index contributed by atoms with van der Waals surface area (Å²) in [4.78, 5) is 12.7. The van der Waals surface area contributed by atoms with Gasteiger partial charge in [0.25, 0.3) is 0 Å². The number of hydrogen-bond acceptors (Lipinski definition) is 2. The summed E-state index contributed by atoms with van der Waals surface area (Å²) in [6.45, 7) is 4.01. The summed E-state index contributed by atoms with van der Waals surface area (Å²) in [5.41, 5.74) is 6.15. The Balaban J connectivity index is 1.82. The van der Waals surface area contributed by atoms with Crippen molar-refractivity contribution in [3.63, 3.8) is 0 Å². The van der Waals surface area contributed by atoms with Crippen molar-refractivity contribution in [3.8, 4) is 5.69 Å². The van der Waals surface area contributed by atoms with Crippen molar-refractivity contribution in [2.45, 2.75) is 32.6 Å². The fourth-order valence-electron chi connectivity index (χ4n) is 3.69. The van der Waals surface area contributed by atoms with Crippen LogP contribution in [0.5, 0.6) is 0 Å². The second-order valence-electron chi connectivity index (χ2n) is 6.60. The molecule has 120 valence electrons. The van der Waals surface area contributed by atoms with Crippen LogP contribution in [0.2, 0.25) is 0 Å². The van der Waals surface area contributed by atoms with E-state index in [4.69, 9.17) is 0 Å². The van der Waals surface area contributed by atoms with Crippen LogP contribution in [-0.4, -0.2) is 15.6 Å². The van der Waals surface area contributed by atoms with Crippen molar-refractivity contribution in [3.05, 3.63) is 82.7 Å². The van der Waals surface area contributed by atoms with Gasteiger partial charge in [-0.05, 0) is 49.4 Å². The van der Waals surface area contributed by atoms with E-state index in [-0.39, 0.29) is 11.7 Å². The Morgan fingerprint density at radius 2 is 1.79 bits per heavy atom. The van der Waals surface area contributed by atoms with Crippen LogP contribution in [0.3, 0.4) is 0 Å². The Labute approximate surface area is 141 Å². The molecule has 0 aliphatic heterocycles. The first-order chi connectivity index (χ1) is 11.6. The molecule has 24 heavy (non-hydrogen) atoms. The molecule has 1 heterocycles. The molecule has 0 unspecified atom stereocenters. The van der Waals surface area contributed by atoms with Crippen LogP contribution in [0.4, 0.5) is 0 Å². The first-order valence-corrected chi connectivity index (χ1v) is 8.37. The van der Waals surface area contributed by atoms with E-state index in [9.17, 15) is 4.79 Å². The van der Waals surface area contributed by atoms with Crippen molar-refractivity contribution in [1.82, 2.24) is 9.78 Å². The molecule has 1 atom stereocenters. The number of rotatable bonds is 2. The monoisotopic (exact) mass is 316 g/mol. The third kappa shape index (κ3) is 2.46. The van der Waals surface area contributed by atoms with Crippen molar-refractivity contribution in [2.75, 3.05) is 0 Å². The predicted molar refractivity (Wildman–Crippen MR) is 94.9 cm³/mol. The van der Waals surface area contributed by atoms with E-state index in [2.05, 4.69) is 42.4 Å². The molecule has 0 N–H and O–H groups in total. The Kier molecular flexibility index (Phi) is 3.57. The van der Waals surface area contributed by atoms with Crippen molar-refractivity contribution in [2.24, 2.45) is 0 Å². The van der Waals surface area contributed by atoms with Crippen LogP contribution < -0.4 is 0 Å². The molecule has 0 fully saturated rings. The average Bonchev–Trinajstić information content (AvgIpc) is 2.93. The van der Waals surface area contributed by atoms with E-state index in [1.54, 1.807) is 0 Å². The van der Waals surface area contributed by atoms with Gasteiger partial charge in [-0.15, -0.1) is 0 Å². The predicted octanol–water partition coefficient (Wildman–Crippen LogP) is 4.40. The lowest BCUT2D eigenvalue weighted by Gasteiger charge is -2.23. The second-order valence-corrected chi connectivity index (χ2v) is 6.60. The first kappa shape index (κ1) is 14.9. The molecule has 4 rings (SSSR count). The SMILES string of the molecule is Cc1cccc(-n2nc(C)c3c2C[C@H](c2ccccc2)CC3=O)c1. The number of aromatic nitrogens is 2. The maximum atomic E-state index is 12.7. The largest absolute Gasteiger partial charge is 0.294 e. The van der Waals surface area contributed by atoms with E-state index in [0.29, 0.717) is 6.42 Å². The summed E-state index contributed by atoms with van der Waals surface area (Å²) in [6.07, 6.45) is 1.41. The van der Waals surface area contributed by atoms with E-state index < -0.39 is 0 Å². The molecule has 0 radical (unpaired) electrons. The van der Waals surface area contributed by atoms with Gasteiger partial charge in [0, 0.05) is 6.42 Å². The molecule has 2 aromatic carbocycles. The molecule has 0 amide bonds. The number of Topliss-reactive ketones (excluding diaryl/α,β-unsaturated/α-hetero) is 1. The van der Waals surface area contributed by atoms with Crippen molar-refractivity contribution in [1.29, 1.82) is 0 Å². The highest BCUT2D eigenvalue weighted by Crippen LogP contribution is 2.35. The van der Waals surface area contributed by atoms with Crippen molar-refractivity contribution < 1.29 is 4.79 Å². The smallest absolute Gasteiger partial charge is 0.167 e. The Hall–Kier alpha value is -2.68. The number of fused-ring (bicyclic) bond motifs is 1. The molecule has 1 aromatic heterocycles. The molecule has 0 bridgehead atoms. The molecule has 0 saturated carbocycles. The Morgan fingerprint density at radius 1 is 1.00 bits per heavy atom. The van der Waals surface area contributed by atoms with Crippen LogP contribution in [-0.2, 0) is 6.42 Å². The topological polar surface area (TPSA) is 34.9 Å². The summed E-state index contributed by atoms with van der Waals surface area (Å²) >= 11 is 0. The zero-order valence-corrected chi connectivity index (χ0v) is 14.0. The lowest BCUT2D eigenvalue weighted by molar-refractivity contribution is 0.0963. The van der Waals surface area contributed by atoms with Crippen LogP contribution in [0.1, 0.15) is 45.2 Å². The van der Waals surface area contributed by atoms with E-state index in [0.717, 1.165) is 29.1 Å². The highest BCUT2D eigenvalue weighted by molar-refractivity contribution is 6.00. The Bertz CT molecular complexity index is 909. The molecule has 1 aliphatic rings. The number of carbonyl (C=O) groups is 1. The molecule has 3 heteroatoms. The molecule has 3 nitrogen and oxygen atoms in total. The van der Waals surface area contributed by atoms with Crippen LogP contribution in [0, 0.1) is 13.8 Å². The number of hydrogen-bond donors (Lipinski definition) is 0. The highest BCUT2D eigenvalue weighted by Gasteiger charge is 2.31. The minimum atomic E-state index is 0.210. The Morgan fingerprint density at radius 3 is 2.54 bits per heavy atom. The molecule has 0 saturated heterocycles. The van der Waals surface area contributed by atoms with Gasteiger partial charge >= 0.3 is 0 Å². The van der Waals surface area contributed by atoms with Gasteiger partial charge in [0.05, 0.1) is 22.6 Å².